The van der Waals surface area contributed by atoms with Gasteiger partial charge in [-0.2, -0.15) is 0 Å². The lowest BCUT2D eigenvalue weighted by Crippen LogP contribution is -2.60. The highest BCUT2D eigenvalue weighted by Gasteiger charge is 2.44. The van der Waals surface area contributed by atoms with E-state index in [2.05, 4.69) is 79.9 Å². The van der Waals surface area contributed by atoms with Crippen molar-refractivity contribution in [2.45, 2.75) is 320 Å². The van der Waals surface area contributed by atoms with Crippen LogP contribution < -0.4 is 5.32 Å². The van der Waals surface area contributed by atoms with Gasteiger partial charge in [-0.25, -0.2) is 0 Å². The lowest BCUT2D eigenvalue weighted by Gasteiger charge is -2.40. The number of rotatable bonds is 53. The summed E-state index contributed by atoms with van der Waals surface area (Å²) in [6, 6.07) is -0.834. The molecule has 74 heavy (non-hydrogen) atoms. The maximum absolute atomic E-state index is 13.1. The number of allylic oxidation sites excluding steroid dienone is 11. The molecule has 7 unspecified atom stereocenters. The predicted molar refractivity (Wildman–Crippen MR) is 313 cm³/mol. The number of carbonyl (C=O) groups excluding carboxylic acids is 1. The SMILES string of the molecule is CCCCCCC/C=C\C/C=C\C/C=C\CCCCCCCCCCCCCCC(=O)NC(COC1OC(CO)C(O)C(O)C1O)C(O)/C=C/CC/C=C/CC/C=C/CCCCCCCCCCCCCCCC. The van der Waals surface area contributed by atoms with Gasteiger partial charge in [0.2, 0.25) is 5.91 Å². The van der Waals surface area contributed by atoms with Crippen molar-refractivity contribution in [3.63, 3.8) is 0 Å². The van der Waals surface area contributed by atoms with Gasteiger partial charge in [0.05, 0.1) is 25.4 Å². The molecule has 1 aliphatic rings. The van der Waals surface area contributed by atoms with Crippen LogP contribution in [0.15, 0.2) is 72.9 Å². The van der Waals surface area contributed by atoms with Crippen molar-refractivity contribution in [3.8, 4) is 0 Å². The van der Waals surface area contributed by atoms with Gasteiger partial charge in [0.15, 0.2) is 6.29 Å². The fourth-order valence-electron chi connectivity index (χ4n) is 9.55. The molecule has 0 aromatic carbocycles. The van der Waals surface area contributed by atoms with Gasteiger partial charge in [-0.1, -0.05) is 260 Å². The van der Waals surface area contributed by atoms with E-state index in [9.17, 15) is 30.3 Å². The number of aliphatic hydroxyl groups is 5. The molecule has 9 nitrogen and oxygen atoms in total. The number of ether oxygens (including phenoxy) is 2. The summed E-state index contributed by atoms with van der Waals surface area (Å²) in [4.78, 5) is 13.1. The summed E-state index contributed by atoms with van der Waals surface area (Å²) >= 11 is 0. The average Bonchev–Trinajstić information content (AvgIpc) is 3.40. The monoisotopic (exact) mass is 1040 g/mol. The van der Waals surface area contributed by atoms with Crippen molar-refractivity contribution >= 4 is 5.91 Å². The second kappa shape index (κ2) is 54.0. The van der Waals surface area contributed by atoms with E-state index in [1.165, 1.54) is 199 Å². The Hall–Kier alpha value is -2.37. The largest absolute Gasteiger partial charge is 0.394 e. The van der Waals surface area contributed by atoms with Crippen LogP contribution in [0.2, 0.25) is 0 Å². The molecule has 430 valence electrons. The van der Waals surface area contributed by atoms with Gasteiger partial charge < -0.3 is 40.3 Å². The smallest absolute Gasteiger partial charge is 0.220 e. The van der Waals surface area contributed by atoms with E-state index in [-0.39, 0.29) is 12.5 Å². The van der Waals surface area contributed by atoms with Gasteiger partial charge in [-0.05, 0) is 83.5 Å². The molecule has 7 atom stereocenters. The highest BCUT2D eigenvalue weighted by molar-refractivity contribution is 5.76. The molecule has 0 radical (unpaired) electrons. The molecule has 0 aromatic heterocycles. The van der Waals surface area contributed by atoms with Crippen molar-refractivity contribution in [2.75, 3.05) is 13.2 Å². The summed E-state index contributed by atoms with van der Waals surface area (Å²) in [6.45, 7) is 3.77. The van der Waals surface area contributed by atoms with Crippen molar-refractivity contribution in [2.24, 2.45) is 0 Å². The second-order valence-electron chi connectivity index (χ2n) is 21.5. The summed E-state index contributed by atoms with van der Waals surface area (Å²) in [5.41, 5.74) is 0. The number of aliphatic hydroxyl groups excluding tert-OH is 5. The first-order valence-electron chi connectivity index (χ1n) is 31.2. The first-order valence-corrected chi connectivity index (χ1v) is 31.2. The topological polar surface area (TPSA) is 149 Å². The molecule has 0 bridgehead atoms. The molecule has 1 aliphatic heterocycles. The molecule has 0 spiro atoms. The molecule has 0 saturated carbocycles. The Bertz CT molecular complexity index is 1390. The molecule has 0 aromatic rings. The minimum Gasteiger partial charge on any atom is -0.394 e. The van der Waals surface area contributed by atoms with E-state index in [1.807, 2.05) is 6.08 Å². The van der Waals surface area contributed by atoms with Crippen LogP contribution in [0.4, 0.5) is 0 Å². The Balaban J connectivity index is 2.24. The van der Waals surface area contributed by atoms with Crippen LogP contribution in [0, 0.1) is 0 Å². The third-order valence-electron chi connectivity index (χ3n) is 14.5. The van der Waals surface area contributed by atoms with E-state index in [4.69, 9.17) is 9.47 Å². The van der Waals surface area contributed by atoms with E-state index in [0.29, 0.717) is 6.42 Å². The van der Waals surface area contributed by atoms with E-state index >= 15 is 0 Å². The number of carbonyl (C=O) groups is 1. The molecule has 6 N–H and O–H groups in total. The Morgan fingerprint density at radius 3 is 1.23 bits per heavy atom. The molecular formula is C65H117NO8. The summed E-state index contributed by atoms with van der Waals surface area (Å²) in [5, 5.41) is 54.6. The van der Waals surface area contributed by atoms with E-state index in [1.54, 1.807) is 6.08 Å². The minimum absolute atomic E-state index is 0.193. The number of hydrogen-bond donors (Lipinski definition) is 6. The molecule has 1 rings (SSSR count). The Morgan fingerprint density at radius 2 is 0.811 bits per heavy atom. The zero-order valence-electron chi connectivity index (χ0n) is 47.8. The van der Waals surface area contributed by atoms with E-state index in [0.717, 1.165) is 57.8 Å². The predicted octanol–water partition coefficient (Wildman–Crippen LogP) is 16.0. The fourth-order valence-corrected chi connectivity index (χ4v) is 9.55. The molecule has 1 heterocycles. The number of unbranched alkanes of at least 4 members (excludes halogenated alkanes) is 33. The Kier molecular flexibility index (Phi) is 50.8. The van der Waals surface area contributed by atoms with Gasteiger partial charge in [0, 0.05) is 6.42 Å². The molecule has 1 saturated heterocycles. The second-order valence-corrected chi connectivity index (χ2v) is 21.5. The minimum atomic E-state index is -1.58. The van der Waals surface area contributed by atoms with Crippen LogP contribution in [0.5, 0.6) is 0 Å². The number of nitrogens with one attached hydrogen (secondary N) is 1. The van der Waals surface area contributed by atoms with Crippen molar-refractivity contribution in [1.82, 2.24) is 5.32 Å². The van der Waals surface area contributed by atoms with Gasteiger partial charge in [-0.3, -0.25) is 4.79 Å². The van der Waals surface area contributed by atoms with Crippen LogP contribution in [-0.2, 0) is 14.3 Å². The van der Waals surface area contributed by atoms with Crippen LogP contribution >= 0.6 is 0 Å². The fraction of sp³-hybridized carbons (Fsp3) is 0.800. The molecule has 1 fully saturated rings. The summed E-state index contributed by atoms with van der Waals surface area (Å²) in [7, 11) is 0. The van der Waals surface area contributed by atoms with Gasteiger partial charge >= 0.3 is 0 Å². The van der Waals surface area contributed by atoms with Gasteiger partial charge in [0.25, 0.3) is 0 Å². The average molecular weight is 1040 g/mol. The molecule has 9 heteroatoms. The summed E-state index contributed by atoms with van der Waals surface area (Å²) in [6.07, 6.45) is 68.3. The van der Waals surface area contributed by atoms with Crippen molar-refractivity contribution in [3.05, 3.63) is 72.9 Å². The zero-order valence-corrected chi connectivity index (χ0v) is 47.8. The van der Waals surface area contributed by atoms with Crippen LogP contribution in [-0.4, -0.2) is 87.5 Å². The molecule has 1 amide bonds. The maximum Gasteiger partial charge on any atom is 0.220 e. The van der Waals surface area contributed by atoms with Crippen LogP contribution in [0.1, 0.15) is 277 Å². The Labute approximate surface area is 455 Å². The normalized spacial score (nSPS) is 19.5. The first kappa shape index (κ1) is 69.6. The summed E-state index contributed by atoms with van der Waals surface area (Å²) in [5.74, 6) is -0.193. The van der Waals surface area contributed by atoms with Gasteiger partial charge in [0.1, 0.15) is 24.4 Å². The van der Waals surface area contributed by atoms with Crippen molar-refractivity contribution in [1.29, 1.82) is 0 Å². The lowest BCUT2D eigenvalue weighted by atomic mass is 9.99. The van der Waals surface area contributed by atoms with Crippen LogP contribution in [0.25, 0.3) is 0 Å². The Morgan fingerprint density at radius 1 is 0.459 bits per heavy atom. The lowest BCUT2D eigenvalue weighted by molar-refractivity contribution is -0.302. The van der Waals surface area contributed by atoms with Crippen molar-refractivity contribution < 1.29 is 39.8 Å². The maximum atomic E-state index is 13.1. The molecular weight excluding hydrogens is 923 g/mol. The number of hydrogen-bond acceptors (Lipinski definition) is 8. The molecule has 0 aliphatic carbocycles. The van der Waals surface area contributed by atoms with Gasteiger partial charge in [-0.15, -0.1) is 0 Å². The van der Waals surface area contributed by atoms with E-state index < -0.39 is 49.5 Å². The summed E-state index contributed by atoms with van der Waals surface area (Å²) < 4.78 is 11.3. The van der Waals surface area contributed by atoms with Crippen LogP contribution in [0.3, 0.4) is 0 Å². The highest BCUT2D eigenvalue weighted by atomic mass is 16.7. The third kappa shape index (κ3) is 42.7. The zero-order chi connectivity index (χ0) is 53.6. The third-order valence-corrected chi connectivity index (χ3v) is 14.5. The first-order chi connectivity index (χ1) is 36.3. The quantitative estimate of drug-likeness (QED) is 0.0261. The number of amides is 1. The standard InChI is InChI=1S/C65H117NO8/c1-3-5-7-9-11-13-15-17-19-21-23-25-27-29-30-31-33-35-37-39-41-43-45-47-49-51-53-55-61(69)66-58(57-73-65-64(72)63(71)62(70)60(56-67)74-65)59(68)54-52-50-48-46-44-42-40-38-36-34-32-28-26-24-22-20-18-16-14-12-10-8-6-4-2/h15,17,21,23,27,29,36,38,44,46,52,54,58-60,62-65,67-68,70-72H,3-14,16,18-20,22,24-26,28,30-35,37,39-43,45,47-51,53,55-57H2,1-2H3,(H,66,69)/b17-15-,23-21-,29-27-,38-36+,46-44+,54-52+. The highest BCUT2D eigenvalue weighted by Crippen LogP contribution is 2.23.